The molecule has 0 aromatic heterocycles. The number of carbonyl (C=O) groups is 2. The van der Waals surface area contributed by atoms with Crippen molar-refractivity contribution >= 4 is 11.9 Å². The second-order valence-electron chi connectivity index (χ2n) is 7.45. The molecule has 0 amide bonds. The summed E-state index contributed by atoms with van der Waals surface area (Å²) in [7, 11) is 1.54. The predicted molar refractivity (Wildman–Crippen MR) is 110 cm³/mol. The largest absolute Gasteiger partial charge is 0.507 e. The van der Waals surface area contributed by atoms with Gasteiger partial charge in [-0.1, -0.05) is 37.8 Å². The van der Waals surface area contributed by atoms with Crippen molar-refractivity contribution in [3.05, 3.63) is 33.9 Å². The van der Waals surface area contributed by atoms with Crippen molar-refractivity contribution in [3.63, 3.8) is 0 Å². The second kappa shape index (κ2) is 10.9. The number of esters is 2. The fourth-order valence-corrected chi connectivity index (χ4v) is 3.49. The number of hydrogen-bond acceptors (Lipinski definition) is 6. The van der Waals surface area contributed by atoms with Gasteiger partial charge in [0, 0.05) is 17.5 Å². The first-order chi connectivity index (χ1) is 13.9. The van der Waals surface area contributed by atoms with E-state index in [4.69, 9.17) is 14.2 Å². The Morgan fingerprint density at radius 3 is 2.69 bits per heavy atom. The van der Waals surface area contributed by atoms with Crippen LogP contribution in [0.1, 0.15) is 79.4 Å². The van der Waals surface area contributed by atoms with Crippen molar-refractivity contribution in [1.82, 2.24) is 0 Å². The first kappa shape index (κ1) is 22.8. The molecule has 0 bridgehead atoms. The maximum absolute atomic E-state index is 12.0. The number of cyclic esters (lactones) is 1. The van der Waals surface area contributed by atoms with Gasteiger partial charge in [-0.3, -0.25) is 4.79 Å². The summed E-state index contributed by atoms with van der Waals surface area (Å²) < 4.78 is 15.8. The van der Waals surface area contributed by atoms with E-state index in [1.54, 1.807) is 7.11 Å². The van der Waals surface area contributed by atoms with Crippen LogP contribution in [0.5, 0.6) is 11.5 Å². The average Bonchev–Trinajstić information content (AvgIpc) is 3.09. The van der Waals surface area contributed by atoms with E-state index in [0.29, 0.717) is 42.7 Å². The molecule has 0 atom stereocenters. The molecule has 0 saturated carbocycles. The summed E-state index contributed by atoms with van der Waals surface area (Å²) >= 11 is 0. The summed E-state index contributed by atoms with van der Waals surface area (Å²) in [6.45, 7) is 6.57. The highest BCUT2D eigenvalue weighted by atomic mass is 16.5. The summed E-state index contributed by atoms with van der Waals surface area (Å²) in [4.78, 5) is 23.8. The predicted octanol–water partition coefficient (Wildman–Crippen LogP) is 4.77. The molecule has 1 aliphatic heterocycles. The maximum atomic E-state index is 12.0. The number of methoxy groups -OCH3 is 1. The third-order valence-electron chi connectivity index (χ3n) is 5.29. The summed E-state index contributed by atoms with van der Waals surface area (Å²) in [6, 6.07) is 0. The molecule has 29 heavy (non-hydrogen) atoms. The molecule has 0 radical (unpaired) electrons. The minimum absolute atomic E-state index is 0.0829. The van der Waals surface area contributed by atoms with Crippen molar-refractivity contribution in [2.24, 2.45) is 0 Å². The highest BCUT2D eigenvalue weighted by Gasteiger charge is 2.31. The summed E-state index contributed by atoms with van der Waals surface area (Å²) in [5.74, 6) is -0.215. The van der Waals surface area contributed by atoms with E-state index in [2.05, 4.69) is 6.92 Å². The molecule has 1 aromatic carbocycles. The number of carbonyl (C=O) groups excluding carboxylic acids is 2. The van der Waals surface area contributed by atoms with Gasteiger partial charge in [0.25, 0.3) is 0 Å². The summed E-state index contributed by atoms with van der Waals surface area (Å²) in [5.41, 5.74) is 3.28. The van der Waals surface area contributed by atoms with E-state index in [1.807, 2.05) is 19.9 Å². The molecular weight excluding hydrogens is 372 g/mol. The Bertz CT molecular complexity index is 778. The minimum Gasteiger partial charge on any atom is -0.507 e. The molecule has 160 valence electrons. The van der Waals surface area contributed by atoms with Crippen LogP contribution in [0.25, 0.3) is 0 Å². The molecule has 0 saturated heterocycles. The van der Waals surface area contributed by atoms with E-state index in [9.17, 15) is 14.7 Å². The number of unbranched alkanes of at least 4 members (excludes halogenated alkanes) is 3. The second-order valence-corrected chi connectivity index (χ2v) is 7.45. The van der Waals surface area contributed by atoms with Crippen LogP contribution in [0.4, 0.5) is 0 Å². The molecule has 0 aliphatic carbocycles. The van der Waals surface area contributed by atoms with Crippen molar-refractivity contribution < 1.29 is 28.9 Å². The van der Waals surface area contributed by atoms with Gasteiger partial charge in [0.2, 0.25) is 0 Å². The van der Waals surface area contributed by atoms with Gasteiger partial charge in [0.15, 0.2) is 0 Å². The third kappa shape index (κ3) is 5.75. The van der Waals surface area contributed by atoms with E-state index in [-0.39, 0.29) is 23.9 Å². The number of phenols is 1. The van der Waals surface area contributed by atoms with Crippen LogP contribution in [0, 0.1) is 6.92 Å². The van der Waals surface area contributed by atoms with Gasteiger partial charge in [0.05, 0.1) is 13.7 Å². The SMILES string of the molecule is CCCCCCOC(=O)CCC(C)=CCc1c(O)c2c(c(C)c1OC)COC2=O. The number of benzene rings is 1. The topological polar surface area (TPSA) is 82.1 Å². The Kier molecular flexibility index (Phi) is 8.55. The first-order valence-corrected chi connectivity index (χ1v) is 10.3. The maximum Gasteiger partial charge on any atom is 0.342 e. The van der Waals surface area contributed by atoms with Crippen LogP contribution in [0.2, 0.25) is 0 Å². The molecule has 0 fully saturated rings. The van der Waals surface area contributed by atoms with E-state index >= 15 is 0 Å². The van der Waals surface area contributed by atoms with Crippen molar-refractivity contribution in [2.45, 2.75) is 72.3 Å². The zero-order valence-corrected chi connectivity index (χ0v) is 17.9. The van der Waals surface area contributed by atoms with Crippen molar-refractivity contribution in [3.8, 4) is 11.5 Å². The Hall–Kier alpha value is -2.50. The monoisotopic (exact) mass is 404 g/mol. The van der Waals surface area contributed by atoms with Gasteiger partial charge in [-0.2, -0.15) is 0 Å². The van der Waals surface area contributed by atoms with Gasteiger partial charge in [-0.15, -0.1) is 0 Å². The van der Waals surface area contributed by atoms with Crippen LogP contribution in [-0.2, 0) is 27.3 Å². The number of allylic oxidation sites excluding steroid dienone is 2. The zero-order chi connectivity index (χ0) is 21.4. The molecule has 0 unspecified atom stereocenters. The van der Waals surface area contributed by atoms with Crippen LogP contribution in [0.15, 0.2) is 11.6 Å². The molecular formula is C23H32O6. The Balaban J connectivity index is 1.97. The number of rotatable bonds is 11. The van der Waals surface area contributed by atoms with Crippen LogP contribution < -0.4 is 4.74 Å². The lowest BCUT2D eigenvalue weighted by molar-refractivity contribution is -0.143. The van der Waals surface area contributed by atoms with Crippen LogP contribution >= 0.6 is 0 Å². The Morgan fingerprint density at radius 2 is 2.00 bits per heavy atom. The van der Waals surface area contributed by atoms with Gasteiger partial charge in [0.1, 0.15) is 23.7 Å². The number of ether oxygens (including phenoxy) is 3. The summed E-state index contributed by atoms with van der Waals surface area (Å²) in [6.07, 6.45) is 7.57. The lowest BCUT2D eigenvalue weighted by Crippen LogP contribution is -2.06. The molecule has 1 heterocycles. The van der Waals surface area contributed by atoms with Crippen molar-refractivity contribution in [1.29, 1.82) is 0 Å². The molecule has 2 rings (SSSR count). The minimum atomic E-state index is -0.508. The molecule has 6 heteroatoms. The van der Waals surface area contributed by atoms with E-state index < -0.39 is 5.97 Å². The smallest absolute Gasteiger partial charge is 0.342 e. The van der Waals surface area contributed by atoms with Gasteiger partial charge >= 0.3 is 11.9 Å². The molecule has 1 N–H and O–H groups in total. The molecule has 1 aromatic rings. The van der Waals surface area contributed by atoms with E-state index in [0.717, 1.165) is 36.8 Å². The third-order valence-corrected chi connectivity index (χ3v) is 5.29. The standard InChI is InChI=1S/C23H32O6/c1-5-6-7-8-13-28-19(24)12-10-15(2)9-11-17-21(25)20-18(14-29-23(20)26)16(3)22(17)27-4/h9,25H,5-8,10-14H2,1-4H3. The van der Waals surface area contributed by atoms with Gasteiger partial charge in [-0.05, 0) is 38.7 Å². The van der Waals surface area contributed by atoms with Crippen molar-refractivity contribution in [2.75, 3.05) is 13.7 Å². The zero-order valence-electron chi connectivity index (χ0n) is 17.9. The van der Waals surface area contributed by atoms with Gasteiger partial charge in [-0.25, -0.2) is 4.79 Å². The first-order valence-electron chi connectivity index (χ1n) is 10.3. The normalized spacial score (nSPS) is 13.2. The lowest BCUT2D eigenvalue weighted by atomic mass is 9.94. The quantitative estimate of drug-likeness (QED) is 0.325. The highest BCUT2D eigenvalue weighted by Crippen LogP contribution is 2.42. The average molecular weight is 405 g/mol. The fourth-order valence-electron chi connectivity index (χ4n) is 3.49. The van der Waals surface area contributed by atoms with Crippen LogP contribution in [0.3, 0.4) is 0 Å². The molecule has 0 spiro atoms. The number of aromatic hydroxyl groups is 1. The molecule has 1 aliphatic rings. The molecule has 6 nitrogen and oxygen atoms in total. The van der Waals surface area contributed by atoms with Crippen LogP contribution in [-0.4, -0.2) is 30.8 Å². The van der Waals surface area contributed by atoms with E-state index in [1.165, 1.54) is 0 Å². The number of hydrogen-bond donors (Lipinski definition) is 1. The van der Waals surface area contributed by atoms with Gasteiger partial charge < -0.3 is 19.3 Å². The lowest BCUT2D eigenvalue weighted by Gasteiger charge is -2.15. The summed E-state index contributed by atoms with van der Waals surface area (Å²) in [5, 5.41) is 10.6. The number of fused-ring (bicyclic) bond motifs is 1. The fraction of sp³-hybridized carbons (Fsp3) is 0.565. The highest BCUT2D eigenvalue weighted by molar-refractivity contribution is 5.98. The number of phenolic OH excluding ortho intramolecular Hbond substituents is 1. The Labute approximate surface area is 172 Å². The Morgan fingerprint density at radius 1 is 1.24 bits per heavy atom.